The van der Waals surface area contributed by atoms with Gasteiger partial charge in [-0.2, -0.15) is 0 Å². The van der Waals surface area contributed by atoms with Crippen LogP contribution < -0.4 is 5.73 Å². The Hall–Kier alpha value is -0.980. The van der Waals surface area contributed by atoms with Gasteiger partial charge in [-0.05, 0) is 31.0 Å². The normalized spacial score (nSPS) is 16.6. The van der Waals surface area contributed by atoms with Crippen molar-refractivity contribution < 1.29 is 4.79 Å². The van der Waals surface area contributed by atoms with E-state index in [0.717, 1.165) is 47.3 Å². The molecule has 1 aliphatic heterocycles. The maximum atomic E-state index is 12.2. The van der Waals surface area contributed by atoms with Crippen molar-refractivity contribution in [2.24, 2.45) is 5.73 Å². The van der Waals surface area contributed by atoms with Crippen molar-refractivity contribution >= 4 is 43.4 Å². The number of piperidine rings is 1. The molecule has 2 heterocycles. The van der Waals surface area contributed by atoms with Crippen molar-refractivity contribution in [1.82, 2.24) is 9.88 Å². The topological polar surface area (TPSA) is 59.2 Å². The van der Waals surface area contributed by atoms with E-state index < -0.39 is 0 Å². The van der Waals surface area contributed by atoms with Gasteiger partial charge in [0.05, 0.1) is 15.2 Å². The molecule has 0 bridgehead atoms. The number of fused-ring (bicyclic) bond motifs is 1. The van der Waals surface area contributed by atoms with Crippen LogP contribution in [0, 0.1) is 0 Å². The second kappa shape index (κ2) is 6.42. The number of rotatable bonds is 3. The molecule has 3 rings (SSSR count). The third kappa shape index (κ3) is 3.62. The smallest absolute Gasteiger partial charge is 0.222 e. The lowest BCUT2D eigenvalue weighted by Crippen LogP contribution is -2.42. The Morgan fingerprint density at radius 3 is 2.95 bits per heavy atom. The first kappa shape index (κ1) is 14.9. The van der Waals surface area contributed by atoms with Crippen LogP contribution in [0.25, 0.3) is 10.2 Å². The number of carbonyl (C=O) groups excluding carboxylic acids is 1. The standard InChI is InChI=1S/C15H18BrN3OS/c16-10-1-2-13-12(9-10)18-14(21-13)3-4-15(20)19-7-5-11(17)6-8-19/h1-2,9,11H,3-8,17H2. The van der Waals surface area contributed by atoms with Crippen molar-refractivity contribution in [1.29, 1.82) is 0 Å². The average molecular weight is 368 g/mol. The summed E-state index contributed by atoms with van der Waals surface area (Å²) in [4.78, 5) is 18.7. The van der Waals surface area contributed by atoms with E-state index in [0.29, 0.717) is 6.42 Å². The molecule has 1 aliphatic rings. The van der Waals surface area contributed by atoms with Crippen LogP contribution >= 0.6 is 27.3 Å². The number of carbonyl (C=O) groups is 1. The molecule has 0 unspecified atom stereocenters. The van der Waals surface area contributed by atoms with Gasteiger partial charge >= 0.3 is 0 Å². The van der Waals surface area contributed by atoms with Crippen LogP contribution in [0.2, 0.25) is 0 Å². The number of hydrogen-bond donors (Lipinski definition) is 1. The molecule has 0 spiro atoms. The van der Waals surface area contributed by atoms with E-state index in [1.165, 1.54) is 4.70 Å². The summed E-state index contributed by atoms with van der Waals surface area (Å²) in [6.45, 7) is 1.60. The minimum Gasteiger partial charge on any atom is -0.343 e. The minimum absolute atomic E-state index is 0.224. The van der Waals surface area contributed by atoms with Crippen LogP contribution in [-0.2, 0) is 11.2 Å². The maximum absolute atomic E-state index is 12.2. The monoisotopic (exact) mass is 367 g/mol. The van der Waals surface area contributed by atoms with Crippen molar-refractivity contribution in [2.45, 2.75) is 31.7 Å². The molecule has 0 saturated carbocycles. The van der Waals surface area contributed by atoms with E-state index in [2.05, 4.69) is 27.0 Å². The molecule has 0 aliphatic carbocycles. The lowest BCUT2D eigenvalue weighted by molar-refractivity contribution is -0.132. The number of amides is 1. The Morgan fingerprint density at radius 2 is 2.19 bits per heavy atom. The molecule has 1 saturated heterocycles. The Balaban J connectivity index is 1.59. The highest BCUT2D eigenvalue weighted by molar-refractivity contribution is 9.10. The van der Waals surface area contributed by atoms with Gasteiger partial charge < -0.3 is 10.6 Å². The second-order valence-electron chi connectivity index (χ2n) is 5.44. The third-order valence-corrected chi connectivity index (χ3v) is 5.43. The maximum Gasteiger partial charge on any atom is 0.222 e. The van der Waals surface area contributed by atoms with Gasteiger partial charge in [0.15, 0.2) is 0 Å². The zero-order valence-corrected chi connectivity index (χ0v) is 14.1. The number of thiazole rings is 1. The molecule has 1 aromatic heterocycles. The summed E-state index contributed by atoms with van der Waals surface area (Å²) in [6, 6.07) is 6.36. The molecule has 0 atom stereocenters. The zero-order valence-electron chi connectivity index (χ0n) is 11.7. The highest BCUT2D eigenvalue weighted by atomic mass is 79.9. The second-order valence-corrected chi connectivity index (χ2v) is 7.47. The lowest BCUT2D eigenvalue weighted by atomic mass is 10.1. The van der Waals surface area contributed by atoms with E-state index in [1.54, 1.807) is 11.3 Å². The highest BCUT2D eigenvalue weighted by Gasteiger charge is 2.20. The summed E-state index contributed by atoms with van der Waals surface area (Å²) in [5.74, 6) is 0.224. The van der Waals surface area contributed by atoms with Crippen LogP contribution in [0.3, 0.4) is 0 Å². The van der Waals surface area contributed by atoms with Gasteiger partial charge in [-0.1, -0.05) is 15.9 Å². The summed E-state index contributed by atoms with van der Waals surface area (Å²) in [5, 5.41) is 1.03. The minimum atomic E-state index is 0.224. The van der Waals surface area contributed by atoms with Gasteiger partial charge in [-0.15, -0.1) is 11.3 Å². The van der Waals surface area contributed by atoms with E-state index >= 15 is 0 Å². The fraction of sp³-hybridized carbons (Fsp3) is 0.467. The quantitative estimate of drug-likeness (QED) is 0.906. The van der Waals surface area contributed by atoms with E-state index in [-0.39, 0.29) is 11.9 Å². The molecule has 6 heteroatoms. The van der Waals surface area contributed by atoms with E-state index in [4.69, 9.17) is 5.73 Å². The van der Waals surface area contributed by atoms with Crippen molar-refractivity contribution in [2.75, 3.05) is 13.1 Å². The molecule has 4 nitrogen and oxygen atoms in total. The first-order valence-electron chi connectivity index (χ1n) is 7.20. The fourth-order valence-corrected chi connectivity index (χ4v) is 3.87. The first-order chi connectivity index (χ1) is 10.1. The SMILES string of the molecule is NC1CCN(C(=O)CCc2nc3cc(Br)ccc3s2)CC1. The van der Waals surface area contributed by atoms with E-state index in [1.807, 2.05) is 17.0 Å². The predicted octanol–water partition coefficient (Wildman–Crippen LogP) is 2.94. The molecule has 0 radical (unpaired) electrons. The van der Waals surface area contributed by atoms with Crippen LogP contribution in [-0.4, -0.2) is 34.9 Å². The molecule has 2 aromatic rings. The Bertz CT molecular complexity index is 649. The number of nitrogens with zero attached hydrogens (tertiary/aromatic N) is 2. The molecule has 2 N–H and O–H groups in total. The zero-order chi connectivity index (χ0) is 14.8. The van der Waals surface area contributed by atoms with Crippen LogP contribution in [0.5, 0.6) is 0 Å². The predicted molar refractivity (Wildman–Crippen MR) is 89.4 cm³/mol. The number of nitrogens with two attached hydrogens (primary N) is 1. The summed E-state index contributed by atoms with van der Waals surface area (Å²) in [5.41, 5.74) is 6.87. The van der Waals surface area contributed by atoms with E-state index in [9.17, 15) is 4.79 Å². The van der Waals surface area contributed by atoms with Crippen LogP contribution in [0.15, 0.2) is 22.7 Å². The summed E-state index contributed by atoms with van der Waals surface area (Å²) in [6.07, 6.45) is 3.09. The summed E-state index contributed by atoms with van der Waals surface area (Å²) in [7, 11) is 0. The number of likely N-dealkylation sites (tertiary alicyclic amines) is 1. The van der Waals surface area contributed by atoms with Gasteiger partial charge in [0.25, 0.3) is 0 Å². The molecule has 1 amide bonds. The Morgan fingerprint density at radius 1 is 1.43 bits per heavy atom. The van der Waals surface area contributed by atoms with Crippen molar-refractivity contribution in [3.8, 4) is 0 Å². The Labute approximate surface area is 136 Å². The number of aryl methyl sites for hydroxylation is 1. The molecule has 21 heavy (non-hydrogen) atoms. The van der Waals surface area contributed by atoms with Gasteiger partial charge in [0, 0.05) is 36.4 Å². The Kier molecular flexibility index (Phi) is 4.57. The first-order valence-corrected chi connectivity index (χ1v) is 8.81. The summed E-state index contributed by atoms with van der Waals surface area (Å²) >= 11 is 5.13. The van der Waals surface area contributed by atoms with Gasteiger partial charge in [0.2, 0.25) is 5.91 Å². The molecule has 112 valence electrons. The average Bonchev–Trinajstić information content (AvgIpc) is 2.87. The fourth-order valence-electron chi connectivity index (χ4n) is 2.58. The molecule has 1 fully saturated rings. The van der Waals surface area contributed by atoms with Gasteiger partial charge in [0.1, 0.15) is 0 Å². The van der Waals surface area contributed by atoms with Gasteiger partial charge in [-0.3, -0.25) is 4.79 Å². The van der Waals surface area contributed by atoms with Crippen LogP contribution in [0.1, 0.15) is 24.3 Å². The van der Waals surface area contributed by atoms with Gasteiger partial charge in [-0.25, -0.2) is 4.98 Å². The number of aromatic nitrogens is 1. The van der Waals surface area contributed by atoms with Crippen molar-refractivity contribution in [3.05, 3.63) is 27.7 Å². The van der Waals surface area contributed by atoms with Crippen LogP contribution in [0.4, 0.5) is 0 Å². The van der Waals surface area contributed by atoms with Crippen molar-refractivity contribution in [3.63, 3.8) is 0 Å². The molecular formula is C15H18BrN3OS. The highest BCUT2D eigenvalue weighted by Crippen LogP contribution is 2.26. The summed E-state index contributed by atoms with van der Waals surface area (Å²) < 4.78 is 2.21. The number of hydrogen-bond acceptors (Lipinski definition) is 4. The molecule has 1 aromatic carbocycles. The number of halogens is 1. The lowest BCUT2D eigenvalue weighted by Gasteiger charge is -2.30. The largest absolute Gasteiger partial charge is 0.343 e. The third-order valence-electron chi connectivity index (χ3n) is 3.84. The number of benzene rings is 1. The molecular weight excluding hydrogens is 350 g/mol.